The van der Waals surface area contributed by atoms with Crippen LogP contribution in [0.25, 0.3) is 0 Å². The molecule has 0 fully saturated rings. The molecule has 0 radical (unpaired) electrons. The second-order valence-corrected chi connectivity index (χ2v) is 5.45. The summed E-state index contributed by atoms with van der Waals surface area (Å²) >= 11 is 5.39. The molecule has 2 nitrogen and oxygen atoms in total. The van der Waals surface area contributed by atoms with Gasteiger partial charge in [-0.25, -0.2) is 0 Å². The minimum absolute atomic E-state index is 0.139. The lowest BCUT2D eigenvalue weighted by molar-refractivity contribution is 0.644. The van der Waals surface area contributed by atoms with E-state index in [1.807, 2.05) is 36.4 Å². The van der Waals surface area contributed by atoms with Crippen molar-refractivity contribution in [2.75, 3.05) is 5.32 Å². The van der Waals surface area contributed by atoms with Crippen LogP contribution in [0, 0.1) is 0 Å². The SMILES string of the molecule is CC(CC(N)C(=S)Nc1ccccc1)c1ccccc1. The number of benzene rings is 2. The third-order valence-corrected chi connectivity index (χ3v) is 3.76. The molecule has 0 aliphatic carbocycles. The normalized spacial score (nSPS) is 13.5. The maximum absolute atomic E-state index is 6.20. The number of nitrogens with one attached hydrogen (secondary N) is 1. The topological polar surface area (TPSA) is 38.0 Å². The molecule has 0 bridgehead atoms. The molecule has 0 heterocycles. The van der Waals surface area contributed by atoms with Crippen molar-refractivity contribution in [3.63, 3.8) is 0 Å². The average molecular weight is 284 g/mol. The molecule has 2 rings (SSSR count). The molecule has 0 spiro atoms. The summed E-state index contributed by atoms with van der Waals surface area (Å²) in [6, 6.07) is 20.2. The Labute approximate surface area is 126 Å². The first-order chi connectivity index (χ1) is 9.66. The quantitative estimate of drug-likeness (QED) is 0.817. The molecule has 2 aromatic carbocycles. The van der Waals surface area contributed by atoms with E-state index in [0.717, 1.165) is 12.1 Å². The molecule has 3 N–H and O–H groups in total. The maximum Gasteiger partial charge on any atom is 0.0967 e. The fourth-order valence-electron chi connectivity index (χ4n) is 2.16. The predicted octanol–water partition coefficient (Wildman–Crippen LogP) is 3.95. The molecule has 2 atom stereocenters. The van der Waals surface area contributed by atoms with Crippen molar-refractivity contribution in [3.05, 3.63) is 66.2 Å². The van der Waals surface area contributed by atoms with Gasteiger partial charge in [-0.05, 0) is 30.0 Å². The van der Waals surface area contributed by atoms with Gasteiger partial charge in [0.15, 0.2) is 0 Å². The Morgan fingerprint density at radius 3 is 2.20 bits per heavy atom. The van der Waals surface area contributed by atoms with Gasteiger partial charge >= 0.3 is 0 Å². The fourth-order valence-corrected chi connectivity index (χ4v) is 2.38. The Morgan fingerprint density at radius 2 is 1.60 bits per heavy atom. The summed E-state index contributed by atoms with van der Waals surface area (Å²) in [5.41, 5.74) is 8.48. The number of thiocarbonyl (C=S) groups is 1. The summed E-state index contributed by atoms with van der Waals surface area (Å²) < 4.78 is 0. The molecule has 0 aliphatic rings. The standard InChI is InChI=1S/C17H20N2S/c1-13(14-8-4-2-5-9-14)12-16(18)17(20)19-15-10-6-3-7-11-15/h2-11,13,16H,12,18H2,1H3,(H,19,20). The monoisotopic (exact) mass is 284 g/mol. The molecule has 0 amide bonds. The number of rotatable bonds is 5. The molecule has 0 saturated heterocycles. The second-order valence-electron chi connectivity index (χ2n) is 5.01. The van der Waals surface area contributed by atoms with Gasteiger partial charge in [0.2, 0.25) is 0 Å². The molecular weight excluding hydrogens is 264 g/mol. The summed E-state index contributed by atoms with van der Waals surface area (Å²) in [6.07, 6.45) is 0.836. The number of anilines is 1. The van der Waals surface area contributed by atoms with Crippen molar-refractivity contribution in [3.8, 4) is 0 Å². The van der Waals surface area contributed by atoms with Crippen molar-refractivity contribution in [1.29, 1.82) is 0 Å². The van der Waals surface area contributed by atoms with Gasteiger partial charge in [-0.2, -0.15) is 0 Å². The number of nitrogens with two attached hydrogens (primary N) is 1. The van der Waals surface area contributed by atoms with Crippen LogP contribution >= 0.6 is 12.2 Å². The average Bonchev–Trinajstić information content (AvgIpc) is 2.49. The van der Waals surface area contributed by atoms with E-state index in [1.54, 1.807) is 0 Å². The van der Waals surface area contributed by atoms with Crippen LogP contribution in [0.15, 0.2) is 60.7 Å². The zero-order valence-corrected chi connectivity index (χ0v) is 12.4. The Hall–Kier alpha value is -1.71. The second kappa shape index (κ2) is 7.17. The van der Waals surface area contributed by atoms with E-state index in [4.69, 9.17) is 18.0 Å². The van der Waals surface area contributed by atoms with Crippen LogP contribution in [0.4, 0.5) is 5.69 Å². The largest absolute Gasteiger partial charge is 0.349 e. The highest BCUT2D eigenvalue weighted by Crippen LogP contribution is 2.20. The molecule has 2 unspecified atom stereocenters. The number of hydrogen-bond acceptors (Lipinski definition) is 2. The molecule has 3 heteroatoms. The summed E-state index contributed by atoms with van der Waals surface area (Å²) in [5.74, 6) is 0.390. The lowest BCUT2D eigenvalue weighted by atomic mass is 9.94. The number of hydrogen-bond donors (Lipinski definition) is 2. The Bertz CT molecular complexity index is 539. The summed E-state index contributed by atoms with van der Waals surface area (Å²) in [6.45, 7) is 2.18. The molecule has 104 valence electrons. The van der Waals surface area contributed by atoms with Gasteiger partial charge < -0.3 is 11.1 Å². The highest BCUT2D eigenvalue weighted by molar-refractivity contribution is 7.80. The van der Waals surface area contributed by atoms with Crippen LogP contribution in [0.3, 0.4) is 0 Å². The first-order valence-corrected chi connectivity index (χ1v) is 7.24. The van der Waals surface area contributed by atoms with Gasteiger partial charge in [-0.15, -0.1) is 0 Å². The molecule has 0 aromatic heterocycles. The van der Waals surface area contributed by atoms with Gasteiger partial charge in [0, 0.05) is 5.69 Å². The van der Waals surface area contributed by atoms with Crippen molar-refractivity contribution < 1.29 is 0 Å². The van der Waals surface area contributed by atoms with Crippen LogP contribution in [0.1, 0.15) is 24.8 Å². The molecule has 20 heavy (non-hydrogen) atoms. The Kier molecular flexibility index (Phi) is 5.27. The van der Waals surface area contributed by atoms with Gasteiger partial charge in [-0.1, -0.05) is 67.7 Å². The van der Waals surface area contributed by atoms with Crippen LogP contribution in [-0.2, 0) is 0 Å². The van der Waals surface area contributed by atoms with E-state index in [1.165, 1.54) is 5.56 Å². The van der Waals surface area contributed by atoms with Crippen LogP contribution in [-0.4, -0.2) is 11.0 Å². The van der Waals surface area contributed by atoms with Crippen molar-refractivity contribution in [1.82, 2.24) is 0 Å². The molecule has 0 aliphatic heterocycles. The van der Waals surface area contributed by atoms with Crippen LogP contribution < -0.4 is 11.1 Å². The zero-order valence-electron chi connectivity index (χ0n) is 11.6. The molecule has 0 saturated carbocycles. The fraction of sp³-hybridized carbons (Fsp3) is 0.235. The zero-order chi connectivity index (χ0) is 14.4. The van der Waals surface area contributed by atoms with Crippen molar-refractivity contribution in [2.45, 2.75) is 25.3 Å². The molecular formula is C17H20N2S. The number of para-hydroxylation sites is 1. The first-order valence-electron chi connectivity index (χ1n) is 6.83. The molecule has 2 aromatic rings. The predicted molar refractivity (Wildman–Crippen MR) is 90.1 cm³/mol. The highest BCUT2D eigenvalue weighted by Gasteiger charge is 2.15. The maximum atomic E-state index is 6.20. The van der Waals surface area contributed by atoms with Gasteiger partial charge in [-0.3, -0.25) is 0 Å². The minimum Gasteiger partial charge on any atom is -0.349 e. The van der Waals surface area contributed by atoms with Crippen LogP contribution in [0.5, 0.6) is 0 Å². The van der Waals surface area contributed by atoms with E-state index in [-0.39, 0.29) is 6.04 Å². The minimum atomic E-state index is -0.139. The highest BCUT2D eigenvalue weighted by atomic mass is 32.1. The van der Waals surface area contributed by atoms with E-state index in [9.17, 15) is 0 Å². The lowest BCUT2D eigenvalue weighted by Crippen LogP contribution is -2.35. The lowest BCUT2D eigenvalue weighted by Gasteiger charge is -2.19. The first kappa shape index (κ1) is 14.7. The van der Waals surface area contributed by atoms with Gasteiger partial charge in [0.05, 0.1) is 11.0 Å². The van der Waals surface area contributed by atoms with E-state index >= 15 is 0 Å². The van der Waals surface area contributed by atoms with E-state index in [0.29, 0.717) is 10.9 Å². The van der Waals surface area contributed by atoms with Gasteiger partial charge in [0.1, 0.15) is 0 Å². The summed E-state index contributed by atoms with van der Waals surface area (Å²) in [4.78, 5) is 0.694. The van der Waals surface area contributed by atoms with E-state index < -0.39 is 0 Å². The third kappa shape index (κ3) is 4.15. The van der Waals surface area contributed by atoms with Gasteiger partial charge in [0.25, 0.3) is 0 Å². The Balaban J connectivity index is 1.91. The smallest absolute Gasteiger partial charge is 0.0967 e. The Morgan fingerprint density at radius 1 is 1.05 bits per heavy atom. The third-order valence-electron chi connectivity index (χ3n) is 3.35. The van der Waals surface area contributed by atoms with Crippen molar-refractivity contribution >= 4 is 22.9 Å². The van der Waals surface area contributed by atoms with Crippen molar-refractivity contribution in [2.24, 2.45) is 5.73 Å². The summed E-state index contributed by atoms with van der Waals surface area (Å²) in [7, 11) is 0. The summed E-state index contributed by atoms with van der Waals surface area (Å²) in [5, 5.41) is 3.20. The van der Waals surface area contributed by atoms with Crippen LogP contribution in [0.2, 0.25) is 0 Å². The van der Waals surface area contributed by atoms with E-state index in [2.05, 4.69) is 36.5 Å².